The van der Waals surface area contributed by atoms with Crippen LogP contribution in [0.3, 0.4) is 0 Å². The third-order valence-electron chi connectivity index (χ3n) is 3.58. The number of hydrogen-bond donors (Lipinski definition) is 2. The van der Waals surface area contributed by atoms with E-state index in [-0.39, 0.29) is 12.5 Å². The van der Waals surface area contributed by atoms with Crippen molar-refractivity contribution in [2.24, 2.45) is 0 Å². The molecule has 0 bridgehead atoms. The molecule has 0 spiro atoms. The average Bonchev–Trinajstić information content (AvgIpc) is 2.64. The molecule has 4 amide bonds. The molecule has 1 aromatic carbocycles. The standard InChI is InChI=1S/C15H19N3O3/c1-4-16-12(19)9-18-13(20)15(3,17-14(18)21)11-7-5-10(2)6-8-11/h5-8H,4,9H2,1-3H3,(H,16,19)(H,17,21). The van der Waals surface area contributed by atoms with Crippen LogP contribution in [0.1, 0.15) is 25.0 Å². The summed E-state index contributed by atoms with van der Waals surface area (Å²) in [5.41, 5.74) is 0.639. The minimum atomic E-state index is -1.13. The zero-order valence-electron chi connectivity index (χ0n) is 12.4. The molecule has 1 heterocycles. The van der Waals surface area contributed by atoms with Crippen molar-refractivity contribution in [3.8, 4) is 0 Å². The number of rotatable bonds is 4. The van der Waals surface area contributed by atoms with Crippen LogP contribution in [0.15, 0.2) is 24.3 Å². The van der Waals surface area contributed by atoms with Crippen molar-refractivity contribution in [2.45, 2.75) is 26.3 Å². The van der Waals surface area contributed by atoms with Crippen LogP contribution in [0, 0.1) is 6.92 Å². The van der Waals surface area contributed by atoms with E-state index >= 15 is 0 Å². The van der Waals surface area contributed by atoms with Crippen LogP contribution in [0.25, 0.3) is 0 Å². The van der Waals surface area contributed by atoms with Gasteiger partial charge in [-0.25, -0.2) is 4.79 Å². The molecule has 1 unspecified atom stereocenters. The molecule has 112 valence electrons. The summed E-state index contributed by atoms with van der Waals surface area (Å²) in [4.78, 5) is 37.1. The van der Waals surface area contributed by atoms with E-state index in [0.29, 0.717) is 12.1 Å². The molecule has 2 rings (SSSR count). The van der Waals surface area contributed by atoms with E-state index in [9.17, 15) is 14.4 Å². The summed E-state index contributed by atoms with van der Waals surface area (Å²) in [5, 5.41) is 5.25. The van der Waals surface area contributed by atoms with Gasteiger partial charge >= 0.3 is 6.03 Å². The fourth-order valence-electron chi connectivity index (χ4n) is 2.32. The summed E-state index contributed by atoms with van der Waals surface area (Å²) >= 11 is 0. The molecule has 1 fully saturated rings. The lowest BCUT2D eigenvalue weighted by Crippen LogP contribution is -2.43. The summed E-state index contributed by atoms with van der Waals surface area (Å²) in [7, 11) is 0. The number of urea groups is 1. The first-order valence-corrected chi connectivity index (χ1v) is 6.86. The second-order valence-corrected chi connectivity index (χ2v) is 5.27. The highest BCUT2D eigenvalue weighted by Crippen LogP contribution is 2.28. The number of carbonyl (C=O) groups excluding carboxylic acids is 3. The van der Waals surface area contributed by atoms with Gasteiger partial charge in [0.2, 0.25) is 5.91 Å². The number of amides is 4. The number of benzene rings is 1. The third-order valence-corrected chi connectivity index (χ3v) is 3.58. The van der Waals surface area contributed by atoms with Crippen molar-refractivity contribution in [1.82, 2.24) is 15.5 Å². The lowest BCUT2D eigenvalue weighted by atomic mass is 9.91. The molecule has 1 aromatic rings. The molecule has 1 aliphatic heterocycles. The van der Waals surface area contributed by atoms with Gasteiger partial charge in [-0.1, -0.05) is 29.8 Å². The Morgan fingerprint density at radius 1 is 1.29 bits per heavy atom. The van der Waals surface area contributed by atoms with E-state index in [1.54, 1.807) is 13.8 Å². The smallest absolute Gasteiger partial charge is 0.325 e. The highest BCUT2D eigenvalue weighted by atomic mass is 16.2. The van der Waals surface area contributed by atoms with Crippen LogP contribution in [-0.4, -0.2) is 35.8 Å². The lowest BCUT2D eigenvalue weighted by Gasteiger charge is -2.22. The van der Waals surface area contributed by atoms with Gasteiger partial charge in [0.1, 0.15) is 12.1 Å². The number of aryl methyl sites for hydroxylation is 1. The number of likely N-dealkylation sites (N-methyl/N-ethyl adjacent to an activating group) is 1. The number of nitrogens with one attached hydrogen (secondary N) is 2. The predicted molar refractivity (Wildman–Crippen MR) is 77.5 cm³/mol. The van der Waals surface area contributed by atoms with Crippen molar-refractivity contribution >= 4 is 17.8 Å². The first kappa shape index (κ1) is 15.0. The Labute approximate surface area is 123 Å². The van der Waals surface area contributed by atoms with Crippen LogP contribution in [0.5, 0.6) is 0 Å². The van der Waals surface area contributed by atoms with Gasteiger partial charge in [0, 0.05) is 6.54 Å². The molecule has 6 nitrogen and oxygen atoms in total. The van der Waals surface area contributed by atoms with E-state index in [1.165, 1.54) is 0 Å². The zero-order valence-corrected chi connectivity index (χ0v) is 12.4. The Kier molecular flexibility index (Phi) is 3.97. The molecule has 6 heteroatoms. The normalized spacial score (nSPS) is 21.4. The Bertz CT molecular complexity index is 582. The number of nitrogens with zero attached hydrogens (tertiary/aromatic N) is 1. The van der Waals surface area contributed by atoms with Crippen molar-refractivity contribution in [2.75, 3.05) is 13.1 Å². The highest BCUT2D eigenvalue weighted by Gasteiger charge is 2.49. The Balaban J connectivity index is 2.24. The number of carbonyl (C=O) groups is 3. The minimum Gasteiger partial charge on any atom is -0.355 e. The van der Waals surface area contributed by atoms with Crippen LogP contribution in [-0.2, 0) is 15.1 Å². The Hall–Kier alpha value is -2.37. The van der Waals surface area contributed by atoms with Gasteiger partial charge in [0.15, 0.2) is 0 Å². The molecular weight excluding hydrogens is 270 g/mol. The predicted octanol–water partition coefficient (Wildman–Crippen LogP) is 0.898. The van der Waals surface area contributed by atoms with Crippen LogP contribution < -0.4 is 10.6 Å². The van der Waals surface area contributed by atoms with Gasteiger partial charge in [-0.2, -0.15) is 0 Å². The first-order chi connectivity index (χ1) is 9.88. The van der Waals surface area contributed by atoms with E-state index in [4.69, 9.17) is 0 Å². The Morgan fingerprint density at radius 3 is 2.48 bits per heavy atom. The summed E-state index contributed by atoms with van der Waals surface area (Å²) in [6.07, 6.45) is 0. The van der Waals surface area contributed by atoms with Gasteiger partial charge in [0.05, 0.1) is 0 Å². The van der Waals surface area contributed by atoms with Gasteiger partial charge in [-0.15, -0.1) is 0 Å². The molecule has 0 aliphatic carbocycles. The molecule has 0 aromatic heterocycles. The molecule has 1 atom stereocenters. The van der Waals surface area contributed by atoms with E-state index in [2.05, 4.69) is 10.6 Å². The molecule has 0 radical (unpaired) electrons. The fourth-order valence-corrected chi connectivity index (χ4v) is 2.32. The van der Waals surface area contributed by atoms with Crippen molar-refractivity contribution in [1.29, 1.82) is 0 Å². The minimum absolute atomic E-state index is 0.264. The quantitative estimate of drug-likeness (QED) is 0.808. The van der Waals surface area contributed by atoms with E-state index in [0.717, 1.165) is 10.5 Å². The molecule has 0 saturated carbocycles. The van der Waals surface area contributed by atoms with Gasteiger partial charge in [0.25, 0.3) is 5.91 Å². The van der Waals surface area contributed by atoms with Crippen LogP contribution in [0.4, 0.5) is 4.79 Å². The molecule has 2 N–H and O–H groups in total. The lowest BCUT2D eigenvalue weighted by molar-refractivity contribution is -0.134. The van der Waals surface area contributed by atoms with Crippen LogP contribution in [0.2, 0.25) is 0 Å². The number of hydrogen-bond acceptors (Lipinski definition) is 3. The summed E-state index contributed by atoms with van der Waals surface area (Å²) < 4.78 is 0. The van der Waals surface area contributed by atoms with Crippen molar-refractivity contribution in [3.63, 3.8) is 0 Å². The van der Waals surface area contributed by atoms with Gasteiger partial charge in [-0.05, 0) is 26.3 Å². The molecular formula is C15H19N3O3. The van der Waals surface area contributed by atoms with Crippen molar-refractivity contribution < 1.29 is 14.4 Å². The Morgan fingerprint density at radius 2 is 1.90 bits per heavy atom. The monoisotopic (exact) mass is 289 g/mol. The SMILES string of the molecule is CCNC(=O)CN1C(=O)NC(C)(c2ccc(C)cc2)C1=O. The highest BCUT2D eigenvalue weighted by molar-refractivity contribution is 6.09. The maximum absolute atomic E-state index is 12.5. The van der Waals surface area contributed by atoms with E-state index < -0.39 is 17.5 Å². The number of imide groups is 1. The maximum atomic E-state index is 12.5. The second-order valence-electron chi connectivity index (χ2n) is 5.27. The fraction of sp³-hybridized carbons (Fsp3) is 0.400. The van der Waals surface area contributed by atoms with Gasteiger partial charge in [-0.3, -0.25) is 14.5 Å². The molecule has 1 saturated heterocycles. The zero-order chi connectivity index (χ0) is 15.6. The van der Waals surface area contributed by atoms with Gasteiger partial charge < -0.3 is 10.6 Å². The van der Waals surface area contributed by atoms with E-state index in [1.807, 2.05) is 31.2 Å². The second kappa shape index (κ2) is 5.55. The molecule has 21 heavy (non-hydrogen) atoms. The maximum Gasteiger partial charge on any atom is 0.325 e. The average molecular weight is 289 g/mol. The largest absolute Gasteiger partial charge is 0.355 e. The summed E-state index contributed by atoms with van der Waals surface area (Å²) in [6, 6.07) is 6.83. The summed E-state index contributed by atoms with van der Waals surface area (Å²) in [6.45, 7) is 5.57. The third kappa shape index (κ3) is 2.74. The topological polar surface area (TPSA) is 78.5 Å². The summed E-state index contributed by atoms with van der Waals surface area (Å²) in [5.74, 6) is -0.767. The van der Waals surface area contributed by atoms with Crippen molar-refractivity contribution in [3.05, 3.63) is 35.4 Å². The molecule has 1 aliphatic rings. The van der Waals surface area contributed by atoms with Crippen LogP contribution >= 0.6 is 0 Å². The first-order valence-electron chi connectivity index (χ1n) is 6.86.